The molecule has 0 radical (unpaired) electrons. The first-order valence-electron chi connectivity index (χ1n) is 19.2. The Morgan fingerprint density at radius 1 is 0.434 bits per heavy atom. The average Bonchev–Trinajstić information content (AvgIpc) is 3.45. The first kappa shape index (κ1) is 33.0. The molecule has 0 spiro atoms. The van der Waals surface area contributed by atoms with E-state index in [1.807, 2.05) is 0 Å². The van der Waals surface area contributed by atoms with Crippen LogP contribution in [-0.4, -0.2) is 0 Å². The zero-order valence-electron chi connectivity index (χ0n) is 31.0. The second-order valence-corrected chi connectivity index (χ2v) is 14.8. The normalized spacial score (nSPS) is 13.1. The molecule has 0 aliphatic heterocycles. The Hall–Kier alpha value is -5.92. The van der Waals surface area contributed by atoms with Crippen molar-refractivity contribution in [2.24, 2.45) is 0 Å². The van der Waals surface area contributed by atoms with Gasteiger partial charge in [-0.15, -0.1) is 0 Å². The van der Waals surface area contributed by atoms with E-state index in [1.165, 1.54) is 95.6 Å². The monoisotopic (exact) mass is 683 g/mol. The van der Waals surface area contributed by atoms with E-state index < -0.39 is 0 Å². The number of para-hydroxylation sites is 1. The summed E-state index contributed by atoms with van der Waals surface area (Å²) in [6.45, 7) is 6.83. The molecule has 0 unspecified atom stereocenters. The minimum Gasteiger partial charge on any atom is -0.310 e. The van der Waals surface area contributed by atoms with Crippen molar-refractivity contribution < 1.29 is 0 Å². The summed E-state index contributed by atoms with van der Waals surface area (Å²) in [6, 6.07) is 54.3. The summed E-state index contributed by atoms with van der Waals surface area (Å²) in [5.74, 6) is 0. The molecular weight excluding hydrogens is 639 g/mol. The zero-order valence-corrected chi connectivity index (χ0v) is 31.0. The molecule has 7 aromatic rings. The summed E-state index contributed by atoms with van der Waals surface area (Å²) in [7, 11) is 0. The van der Waals surface area contributed by atoms with Crippen LogP contribution in [0.4, 0.5) is 17.1 Å². The van der Waals surface area contributed by atoms with E-state index in [0.29, 0.717) is 0 Å². The van der Waals surface area contributed by atoms with Gasteiger partial charge < -0.3 is 4.90 Å². The smallest absolute Gasteiger partial charge is 0.0467 e. The standard InChI is InChI=1S/C52H45N/c1-35-13-10-11-18-47(35)48-19-12-20-49(36(48)2)50-32-28-41-23-22-40-27-31-46(34-51(40)52(41)37(50)3)53(44-16-8-5-9-17-44)45-29-25-39(26-30-45)43-24-21-38-14-6-4-7-15-42(38)33-43/h5-6,8-14,16-21,24-34H,4,7,15,22-23H2,1-3H3. The topological polar surface area (TPSA) is 3.24 Å². The molecule has 0 bridgehead atoms. The van der Waals surface area contributed by atoms with Gasteiger partial charge in [-0.3, -0.25) is 0 Å². The number of allylic oxidation sites excluding steroid dienone is 1. The number of anilines is 3. The zero-order chi connectivity index (χ0) is 35.9. The molecule has 1 heteroatoms. The summed E-state index contributed by atoms with van der Waals surface area (Å²) in [4.78, 5) is 2.41. The predicted octanol–water partition coefficient (Wildman–Crippen LogP) is 14.2. The van der Waals surface area contributed by atoms with Crippen LogP contribution in [0.3, 0.4) is 0 Å². The lowest BCUT2D eigenvalue weighted by Crippen LogP contribution is -2.12. The molecule has 0 fully saturated rings. The fourth-order valence-electron chi connectivity index (χ4n) is 8.77. The molecule has 53 heavy (non-hydrogen) atoms. The number of aryl methyl sites for hydroxylation is 4. The Morgan fingerprint density at radius 3 is 1.92 bits per heavy atom. The first-order chi connectivity index (χ1) is 26.0. The van der Waals surface area contributed by atoms with Crippen molar-refractivity contribution in [2.75, 3.05) is 4.90 Å². The predicted molar refractivity (Wildman–Crippen MR) is 226 cm³/mol. The lowest BCUT2D eigenvalue weighted by atomic mass is 9.79. The number of benzene rings is 7. The van der Waals surface area contributed by atoms with E-state index in [2.05, 4.69) is 183 Å². The SMILES string of the molecule is Cc1ccccc1-c1cccc(-c2ccc3c(c2C)-c2cc(N(c4ccccc4)c4ccc(-c5ccc6c(c5)CCCC=C6)cc4)ccc2CC3)c1C. The van der Waals surface area contributed by atoms with Gasteiger partial charge in [-0.25, -0.2) is 0 Å². The van der Waals surface area contributed by atoms with Gasteiger partial charge in [-0.2, -0.15) is 0 Å². The van der Waals surface area contributed by atoms with Crippen LogP contribution >= 0.6 is 0 Å². The van der Waals surface area contributed by atoms with E-state index in [-0.39, 0.29) is 0 Å². The van der Waals surface area contributed by atoms with Crippen LogP contribution in [0.2, 0.25) is 0 Å². The molecule has 0 saturated carbocycles. The van der Waals surface area contributed by atoms with Gasteiger partial charge >= 0.3 is 0 Å². The second kappa shape index (κ2) is 13.9. The highest BCUT2D eigenvalue weighted by atomic mass is 15.1. The number of fused-ring (bicyclic) bond motifs is 4. The number of hydrogen-bond acceptors (Lipinski definition) is 1. The van der Waals surface area contributed by atoms with E-state index >= 15 is 0 Å². The molecule has 2 aliphatic rings. The highest BCUT2D eigenvalue weighted by Crippen LogP contribution is 2.45. The highest BCUT2D eigenvalue weighted by Gasteiger charge is 2.23. The van der Waals surface area contributed by atoms with Crippen molar-refractivity contribution in [3.05, 3.63) is 191 Å². The van der Waals surface area contributed by atoms with E-state index in [1.54, 1.807) is 0 Å². The van der Waals surface area contributed by atoms with Crippen LogP contribution in [0.25, 0.3) is 50.6 Å². The fourth-order valence-corrected chi connectivity index (χ4v) is 8.77. The molecule has 0 saturated heterocycles. The van der Waals surface area contributed by atoms with Crippen molar-refractivity contribution in [2.45, 2.75) is 52.9 Å². The van der Waals surface area contributed by atoms with Crippen LogP contribution < -0.4 is 4.90 Å². The van der Waals surface area contributed by atoms with Gasteiger partial charge in [0, 0.05) is 17.1 Å². The molecule has 2 aliphatic carbocycles. The van der Waals surface area contributed by atoms with Crippen molar-refractivity contribution >= 4 is 23.1 Å². The van der Waals surface area contributed by atoms with E-state index in [0.717, 1.165) is 37.1 Å². The first-order valence-corrected chi connectivity index (χ1v) is 19.2. The molecule has 0 aromatic heterocycles. The Bertz CT molecular complexity index is 2500. The van der Waals surface area contributed by atoms with Gasteiger partial charge in [0.2, 0.25) is 0 Å². The molecule has 1 nitrogen and oxygen atoms in total. The average molecular weight is 684 g/mol. The highest BCUT2D eigenvalue weighted by molar-refractivity contribution is 5.89. The molecule has 7 aromatic carbocycles. The largest absolute Gasteiger partial charge is 0.310 e. The molecule has 0 N–H and O–H groups in total. The lowest BCUT2D eigenvalue weighted by molar-refractivity contribution is 0.852. The maximum absolute atomic E-state index is 2.45. The maximum Gasteiger partial charge on any atom is 0.0467 e. The Labute approximate surface area is 314 Å². The molecular formula is C52H45N. The number of nitrogens with zero attached hydrogens (tertiary/aromatic N) is 1. The van der Waals surface area contributed by atoms with Gasteiger partial charge in [0.05, 0.1) is 0 Å². The number of rotatable bonds is 6. The Morgan fingerprint density at radius 2 is 1.09 bits per heavy atom. The van der Waals surface area contributed by atoms with Gasteiger partial charge in [-0.05, 0) is 173 Å². The molecule has 0 heterocycles. The molecule has 258 valence electrons. The summed E-state index contributed by atoms with van der Waals surface area (Å²) in [5.41, 5.74) is 23.7. The van der Waals surface area contributed by atoms with Gasteiger partial charge in [0.25, 0.3) is 0 Å². The summed E-state index contributed by atoms with van der Waals surface area (Å²) >= 11 is 0. The van der Waals surface area contributed by atoms with Gasteiger partial charge in [0.15, 0.2) is 0 Å². The third-order valence-electron chi connectivity index (χ3n) is 11.6. The fraction of sp³-hybridized carbons (Fsp3) is 0.154. The summed E-state index contributed by atoms with van der Waals surface area (Å²) < 4.78 is 0. The van der Waals surface area contributed by atoms with Gasteiger partial charge in [0.1, 0.15) is 0 Å². The Balaban J connectivity index is 1.12. The Kier molecular flexibility index (Phi) is 8.64. The molecule has 0 atom stereocenters. The summed E-state index contributed by atoms with van der Waals surface area (Å²) in [6.07, 6.45) is 10.2. The number of hydrogen-bond donors (Lipinski definition) is 0. The quantitative estimate of drug-likeness (QED) is 0.169. The van der Waals surface area contributed by atoms with E-state index in [9.17, 15) is 0 Å². The van der Waals surface area contributed by atoms with Crippen LogP contribution in [0.1, 0.15) is 51.8 Å². The minimum atomic E-state index is 1.06. The second-order valence-electron chi connectivity index (χ2n) is 14.8. The van der Waals surface area contributed by atoms with Crippen molar-refractivity contribution in [3.8, 4) is 44.5 Å². The lowest BCUT2D eigenvalue weighted by Gasteiger charge is -2.29. The van der Waals surface area contributed by atoms with Crippen molar-refractivity contribution in [1.29, 1.82) is 0 Å². The van der Waals surface area contributed by atoms with Crippen molar-refractivity contribution in [3.63, 3.8) is 0 Å². The third-order valence-corrected chi connectivity index (χ3v) is 11.6. The maximum atomic E-state index is 2.45. The van der Waals surface area contributed by atoms with Crippen LogP contribution in [0.15, 0.2) is 152 Å². The van der Waals surface area contributed by atoms with Crippen LogP contribution in [0.5, 0.6) is 0 Å². The summed E-state index contributed by atoms with van der Waals surface area (Å²) in [5, 5.41) is 0. The minimum absolute atomic E-state index is 1.06. The van der Waals surface area contributed by atoms with Crippen LogP contribution in [-0.2, 0) is 19.3 Å². The van der Waals surface area contributed by atoms with Gasteiger partial charge in [-0.1, -0.05) is 121 Å². The van der Waals surface area contributed by atoms with Crippen LogP contribution in [0, 0.1) is 20.8 Å². The van der Waals surface area contributed by atoms with Crippen molar-refractivity contribution in [1.82, 2.24) is 0 Å². The van der Waals surface area contributed by atoms with E-state index in [4.69, 9.17) is 0 Å². The third kappa shape index (κ3) is 6.11. The molecule has 0 amide bonds. The molecule has 9 rings (SSSR count).